The van der Waals surface area contributed by atoms with E-state index in [2.05, 4.69) is 12.1 Å². The molecule has 2 aromatic rings. The second-order valence-corrected chi connectivity index (χ2v) is 5.31. The van der Waals surface area contributed by atoms with E-state index in [4.69, 9.17) is 0 Å². The van der Waals surface area contributed by atoms with Crippen LogP contribution in [0.15, 0.2) is 48.5 Å². The highest BCUT2D eigenvalue weighted by Crippen LogP contribution is 2.15. The molecular formula is C18H21FO. The lowest BCUT2D eigenvalue weighted by molar-refractivity contribution is 0.162. The molecule has 0 saturated heterocycles. The highest BCUT2D eigenvalue weighted by molar-refractivity contribution is 5.27. The van der Waals surface area contributed by atoms with E-state index in [1.54, 1.807) is 6.07 Å². The monoisotopic (exact) mass is 272 g/mol. The lowest BCUT2D eigenvalue weighted by Crippen LogP contribution is -2.11. The second-order valence-electron chi connectivity index (χ2n) is 5.31. The second kappa shape index (κ2) is 7.20. The van der Waals surface area contributed by atoms with Gasteiger partial charge < -0.3 is 5.11 Å². The third-order valence-corrected chi connectivity index (χ3v) is 3.61. The molecule has 2 rings (SSSR count). The lowest BCUT2D eigenvalue weighted by Gasteiger charge is -2.12. The van der Waals surface area contributed by atoms with Crippen LogP contribution in [0.3, 0.4) is 0 Å². The molecule has 20 heavy (non-hydrogen) atoms. The summed E-state index contributed by atoms with van der Waals surface area (Å²) >= 11 is 0. The van der Waals surface area contributed by atoms with Gasteiger partial charge in [-0.15, -0.1) is 0 Å². The first-order valence-electron chi connectivity index (χ1n) is 7.12. The highest BCUT2D eigenvalue weighted by atomic mass is 19.1. The fourth-order valence-corrected chi connectivity index (χ4v) is 2.43. The first-order chi connectivity index (χ1) is 9.65. The fraction of sp³-hybridized carbons (Fsp3) is 0.333. The third-order valence-electron chi connectivity index (χ3n) is 3.61. The van der Waals surface area contributed by atoms with Crippen molar-refractivity contribution in [2.45, 2.75) is 38.7 Å². The lowest BCUT2D eigenvalue weighted by atomic mass is 9.98. The van der Waals surface area contributed by atoms with E-state index >= 15 is 0 Å². The van der Waals surface area contributed by atoms with Gasteiger partial charge in [0.05, 0.1) is 6.10 Å². The molecule has 0 saturated carbocycles. The van der Waals surface area contributed by atoms with Gasteiger partial charge in [-0.25, -0.2) is 4.39 Å². The molecule has 2 aromatic carbocycles. The van der Waals surface area contributed by atoms with Crippen LogP contribution in [0.2, 0.25) is 0 Å². The van der Waals surface area contributed by atoms with Gasteiger partial charge in [0.2, 0.25) is 0 Å². The summed E-state index contributed by atoms with van der Waals surface area (Å²) in [6.45, 7) is 1.88. The zero-order valence-corrected chi connectivity index (χ0v) is 11.8. The minimum absolute atomic E-state index is 0.218. The van der Waals surface area contributed by atoms with Crippen LogP contribution in [0.1, 0.15) is 29.5 Å². The zero-order chi connectivity index (χ0) is 14.4. The molecule has 0 fully saturated rings. The number of aryl methyl sites for hydroxylation is 2. The van der Waals surface area contributed by atoms with Crippen molar-refractivity contribution in [3.63, 3.8) is 0 Å². The van der Waals surface area contributed by atoms with E-state index in [-0.39, 0.29) is 11.9 Å². The quantitative estimate of drug-likeness (QED) is 0.840. The fourth-order valence-electron chi connectivity index (χ4n) is 2.43. The van der Waals surface area contributed by atoms with Crippen molar-refractivity contribution in [3.8, 4) is 0 Å². The molecule has 1 N–H and O–H groups in total. The van der Waals surface area contributed by atoms with Crippen molar-refractivity contribution < 1.29 is 9.50 Å². The van der Waals surface area contributed by atoms with Crippen LogP contribution in [0.25, 0.3) is 0 Å². The van der Waals surface area contributed by atoms with Crippen molar-refractivity contribution in [3.05, 3.63) is 71.0 Å². The van der Waals surface area contributed by atoms with Gasteiger partial charge in [-0.3, -0.25) is 0 Å². The highest BCUT2D eigenvalue weighted by Gasteiger charge is 2.08. The molecule has 0 bridgehead atoms. The van der Waals surface area contributed by atoms with Crippen LogP contribution in [-0.2, 0) is 12.8 Å². The summed E-state index contributed by atoms with van der Waals surface area (Å²) in [5.74, 6) is -0.218. The van der Waals surface area contributed by atoms with Crippen LogP contribution in [-0.4, -0.2) is 11.2 Å². The molecule has 0 aliphatic heterocycles. The molecule has 0 aliphatic carbocycles. The van der Waals surface area contributed by atoms with Gasteiger partial charge in [-0.1, -0.05) is 36.4 Å². The molecule has 1 nitrogen and oxygen atoms in total. The van der Waals surface area contributed by atoms with E-state index in [1.165, 1.54) is 17.7 Å². The van der Waals surface area contributed by atoms with Crippen molar-refractivity contribution in [1.29, 1.82) is 0 Å². The molecular weight excluding hydrogens is 251 g/mol. The summed E-state index contributed by atoms with van der Waals surface area (Å²) in [5.41, 5.74) is 3.24. The van der Waals surface area contributed by atoms with E-state index < -0.39 is 0 Å². The van der Waals surface area contributed by atoms with Gasteiger partial charge in [0.15, 0.2) is 0 Å². The Bertz CT molecular complexity index is 536. The Labute approximate surface area is 120 Å². The minimum Gasteiger partial charge on any atom is -0.393 e. The van der Waals surface area contributed by atoms with Gasteiger partial charge in [0.1, 0.15) is 5.82 Å². The zero-order valence-electron chi connectivity index (χ0n) is 11.8. The largest absolute Gasteiger partial charge is 0.393 e. The molecule has 0 aliphatic rings. The van der Waals surface area contributed by atoms with Crippen LogP contribution >= 0.6 is 0 Å². The number of aliphatic hydroxyl groups excluding tert-OH is 1. The van der Waals surface area contributed by atoms with Gasteiger partial charge >= 0.3 is 0 Å². The van der Waals surface area contributed by atoms with Crippen LogP contribution in [0.5, 0.6) is 0 Å². The summed E-state index contributed by atoms with van der Waals surface area (Å²) in [7, 11) is 0. The first kappa shape index (κ1) is 14.7. The average molecular weight is 272 g/mol. The Hall–Kier alpha value is -1.67. The molecule has 0 heterocycles. The molecule has 106 valence electrons. The smallest absolute Gasteiger partial charge is 0.123 e. The maximum Gasteiger partial charge on any atom is 0.123 e. The predicted molar refractivity (Wildman–Crippen MR) is 80.2 cm³/mol. The Morgan fingerprint density at radius 3 is 2.55 bits per heavy atom. The van der Waals surface area contributed by atoms with Gasteiger partial charge in [0, 0.05) is 0 Å². The summed E-state index contributed by atoms with van der Waals surface area (Å²) in [6, 6.07) is 15.0. The molecule has 2 heteroatoms. The van der Waals surface area contributed by atoms with Gasteiger partial charge in [0.25, 0.3) is 0 Å². The SMILES string of the molecule is Cc1cc(F)ccc1CC(O)CCCc1ccccc1. The average Bonchev–Trinajstić information content (AvgIpc) is 2.43. The predicted octanol–water partition coefficient (Wildman–Crippen LogP) is 4.06. The maximum atomic E-state index is 13.0. The van der Waals surface area contributed by atoms with Crippen LogP contribution in [0, 0.1) is 12.7 Å². The number of aliphatic hydroxyl groups is 1. The van der Waals surface area contributed by atoms with Gasteiger partial charge in [-0.05, 0) is 61.4 Å². The normalized spacial score (nSPS) is 12.3. The molecule has 1 atom stereocenters. The van der Waals surface area contributed by atoms with Crippen molar-refractivity contribution in [2.75, 3.05) is 0 Å². The number of hydrogen-bond acceptors (Lipinski definition) is 1. The number of rotatable bonds is 6. The standard InChI is InChI=1S/C18H21FO/c1-14-12-17(19)11-10-16(14)13-18(20)9-5-8-15-6-3-2-4-7-15/h2-4,6-7,10-12,18,20H,5,8-9,13H2,1H3. The Balaban J connectivity index is 1.79. The summed E-state index contributed by atoms with van der Waals surface area (Å²) < 4.78 is 13.0. The van der Waals surface area contributed by atoms with Crippen molar-refractivity contribution in [1.82, 2.24) is 0 Å². The number of halogens is 1. The number of hydrogen-bond donors (Lipinski definition) is 1. The Morgan fingerprint density at radius 1 is 1.10 bits per heavy atom. The Kier molecular flexibility index (Phi) is 5.31. The summed E-state index contributed by atoms with van der Waals surface area (Å²) in [6.07, 6.45) is 2.96. The first-order valence-corrected chi connectivity index (χ1v) is 7.12. The van der Waals surface area contributed by atoms with E-state index in [1.807, 2.05) is 25.1 Å². The molecule has 0 aromatic heterocycles. The van der Waals surface area contributed by atoms with Crippen molar-refractivity contribution >= 4 is 0 Å². The number of benzene rings is 2. The topological polar surface area (TPSA) is 20.2 Å². The molecule has 0 radical (unpaired) electrons. The Morgan fingerprint density at radius 2 is 1.85 bits per heavy atom. The summed E-state index contributed by atoms with van der Waals surface area (Å²) in [5, 5.41) is 10.1. The van der Waals surface area contributed by atoms with Crippen molar-refractivity contribution in [2.24, 2.45) is 0 Å². The van der Waals surface area contributed by atoms with Gasteiger partial charge in [-0.2, -0.15) is 0 Å². The van der Waals surface area contributed by atoms with E-state index in [9.17, 15) is 9.50 Å². The van der Waals surface area contributed by atoms with E-state index in [0.29, 0.717) is 6.42 Å². The summed E-state index contributed by atoms with van der Waals surface area (Å²) in [4.78, 5) is 0. The van der Waals surface area contributed by atoms with Crippen LogP contribution < -0.4 is 0 Å². The molecule has 1 unspecified atom stereocenters. The molecule has 0 amide bonds. The third kappa shape index (κ3) is 4.46. The molecule has 0 spiro atoms. The maximum absolute atomic E-state index is 13.0. The van der Waals surface area contributed by atoms with Crippen LogP contribution in [0.4, 0.5) is 4.39 Å². The minimum atomic E-state index is -0.358. The van der Waals surface area contributed by atoms with E-state index in [0.717, 1.165) is 30.4 Å².